The number of aromatic amines is 1. The van der Waals surface area contributed by atoms with E-state index in [0.29, 0.717) is 0 Å². The van der Waals surface area contributed by atoms with E-state index >= 15 is 0 Å². The first kappa shape index (κ1) is 19.4. The monoisotopic (exact) mass is 369 g/mol. The number of benzene rings is 1. The van der Waals surface area contributed by atoms with Crippen LogP contribution in [0.4, 0.5) is 0 Å². The summed E-state index contributed by atoms with van der Waals surface area (Å²) in [4.78, 5) is 8.00. The van der Waals surface area contributed by atoms with E-state index < -0.39 is 0 Å². The maximum absolute atomic E-state index is 5.79. The van der Waals surface area contributed by atoms with Crippen molar-refractivity contribution in [2.45, 2.75) is 13.8 Å². The third kappa shape index (κ3) is 3.56. The van der Waals surface area contributed by atoms with Crippen LogP contribution in [0.25, 0.3) is 16.5 Å². The number of H-pyrrole nitrogens is 1. The molecule has 2 aromatic rings. The van der Waals surface area contributed by atoms with E-state index in [1.54, 1.807) is 14.2 Å². The predicted octanol–water partition coefficient (Wildman–Crippen LogP) is 3.99. The van der Waals surface area contributed by atoms with Crippen LogP contribution in [0.15, 0.2) is 36.7 Å². The van der Waals surface area contributed by atoms with Crippen molar-refractivity contribution in [3.8, 4) is 11.5 Å². The number of likely N-dealkylation sites (N-methyl/N-ethyl adjacent to an activating group) is 1. The summed E-state index contributed by atoms with van der Waals surface area (Å²) in [6.07, 6.45) is 4.33. The molecule has 1 atom stereocenters. The Hall–Kier alpha value is -2.40. The summed E-state index contributed by atoms with van der Waals surface area (Å²) in [7, 11) is 5.55. The second-order valence-corrected chi connectivity index (χ2v) is 7.08. The second-order valence-electron chi connectivity index (χ2n) is 7.08. The van der Waals surface area contributed by atoms with Crippen LogP contribution in [0.5, 0.6) is 11.5 Å². The minimum Gasteiger partial charge on any atom is -0.493 e. The Kier molecular flexibility index (Phi) is 5.80. The third-order valence-electron chi connectivity index (χ3n) is 5.47. The minimum atomic E-state index is 0.281. The topological polar surface area (TPSA) is 40.7 Å². The zero-order valence-corrected chi connectivity index (χ0v) is 17.1. The first-order valence-corrected chi connectivity index (χ1v) is 9.59. The molecular weight excluding hydrogens is 338 g/mol. The number of nitrogens with one attached hydrogen (secondary N) is 1. The lowest BCUT2D eigenvalue weighted by atomic mass is 9.90. The summed E-state index contributed by atoms with van der Waals surface area (Å²) in [5, 5.41) is 1.15. The highest BCUT2D eigenvalue weighted by Crippen LogP contribution is 2.42. The van der Waals surface area contributed by atoms with Gasteiger partial charge in [0.25, 0.3) is 0 Å². The Balaban J connectivity index is 2.14. The van der Waals surface area contributed by atoms with Crippen LogP contribution in [0.1, 0.15) is 19.4 Å². The first-order chi connectivity index (χ1) is 13.0. The summed E-state index contributed by atoms with van der Waals surface area (Å²) in [5.41, 5.74) is 4.59. The SMILES string of the molecule is C=C(C1C=C(c2c(OC)c(OC)cc3[nH]ccc23)CN(C)C1)N(CC)CC. The van der Waals surface area contributed by atoms with E-state index in [1.165, 1.54) is 11.3 Å². The van der Waals surface area contributed by atoms with Crippen molar-refractivity contribution in [2.75, 3.05) is 47.4 Å². The maximum Gasteiger partial charge on any atom is 0.168 e. The average Bonchev–Trinajstić information content (AvgIpc) is 3.14. The van der Waals surface area contributed by atoms with Crippen molar-refractivity contribution in [3.05, 3.63) is 42.2 Å². The van der Waals surface area contributed by atoms with Crippen molar-refractivity contribution < 1.29 is 9.47 Å². The van der Waals surface area contributed by atoms with E-state index in [0.717, 1.165) is 54.1 Å². The summed E-state index contributed by atoms with van der Waals surface area (Å²) in [6, 6.07) is 4.10. The molecule has 1 aromatic heterocycles. The van der Waals surface area contributed by atoms with Gasteiger partial charge in [-0.2, -0.15) is 0 Å². The normalized spacial score (nSPS) is 17.7. The van der Waals surface area contributed by atoms with Crippen LogP contribution >= 0.6 is 0 Å². The van der Waals surface area contributed by atoms with E-state index in [2.05, 4.69) is 54.4 Å². The van der Waals surface area contributed by atoms with Gasteiger partial charge in [-0.15, -0.1) is 0 Å². The summed E-state index contributed by atoms with van der Waals surface area (Å²) in [6.45, 7) is 12.6. The van der Waals surface area contributed by atoms with Crippen LogP contribution in [0.3, 0.4) is 0 Å². The minimum absolute atomic E-state index is 0.281. The molecule has 0 saturated carbocycles. The fourth-order valence-electron chi connectivity index (χ4n) is 4.10. The molecule has 5 heteroatoms. The van der Waals surface area contributed by atoms with Crippen molar-refractivity contribution in [1.29, 1.82) is 0 Å². The van der Waals surface area contributed by atoms with Gasteiger partial charge in [0.2, 0.25) is 0 Å². The van der Waals surface area contributed by atoms with Crippen molar-refractivity contribution in [3.63, 3.8) is 0 Å². The quantitative estimate of drug-likeness (QED) is 0.801. The molecule has 1 unspecified atom stereocenters. The molecular formula is C22H31N3O2. The molecule has 1 aromatic carbocycles. The van der Waals surface area contributed by atoms with Gasteiger partial charge in [0, 0.05) is 66.5 Å². The van der Waals surface area contributed by atoms with E-state index in [4.69, 9.17) is 9.47 Å². The molecule has 0 amide bonds. The van der Waals surface area contributed by atoms with Gasteiger partial charge in [-0.1, -0.05) is 12.7 Å². The van der Waals surface area contributed by atoms with E-state index in [1.807, 2.05) is 12.3 Å². The molecule has 0 radical (unpaired) electrons. The van der Waals surface area contributed by atoms with Gasteiger partial charge in [0.15, 0.2) is 11.5 Å². The lowest BCUT2D eigenvalue weighted by molar-refractivity contribution is 0.284. The first-order valence-electron chi connectivity index (χ1n) is 9.59. The standard InChI is InChI=1S/C22H31N3O2/c1-7-25(8-2)15(3)16-11-17(14-24(4)13-16)21-18-9-10-23-19(18)12-20(26-5)22(21)27-6/h9-12,16,23H,3,7-8,13-14H2,1-2,4-6H3. The summed E-state index contributed by atoms with van der Waals surface area (Å²) < 4.78 is 11.4. The van der Waals surface area contributed by atoms with E-state index in [9.17, 15) is 0 Å². The Morgan fingerprint density at radius 1 is 1.30 bits per heavy atom. The lowest BCUT2D eigenvalue weighted by Gasteiger charge is -2.35. The molecule has 1 aliphatic heterocycles. The highest BCUT2D eigenvalue weighted by Gasteiger charge is 2.27. The van der Waals surface area contributed by atoms with Crippen LogP contribution < -0.4 is 9.47 Å². The number of hydrogen-bond acceptors (Lipinski definition) is 4. The molecule has 146 valence electrons. The maximum atomic E-state index is 5.79. The van der Waals surface area contributed by atoms with Crippen molar-refractivity contribution in [1.82, 2.24) is 14.8 Å². The zero-order valence-electron chi connectivity index (χ0n) is 17.1. The van der Waals surface area contributed by atoms with Gasteiger partial charge < -0.3 is 24.3 Å². The van der Waals surface area contributed by atoms with Gasteiger partial charge in [-0.25, -0.2) is 0 Å². The zero-order chi connectivity index (χ0) is 19.6. The number of rotatable bonds is 7. The molecule has 1 aliphatic rings. The molecule has 2 heterocycles. The smallest absolute Gasteiger partial charge is 0.168 e. The fourth-order valence-corrected chi connectivity index (χ4v) is 4.10. The molecule has 27 heavy (non-hydrogen) atoms. The number of aromatic nitrogens is 1. The lowest BCUT2D eigenvalue weighted by Crippen LogP contribution is -2.36. The molecule has 0 saturated heterocycles. The summed E-state index contributed by atoms with van der Waals surface area (Å²) in [5.74, 6) is 1.82. The Labute approximate surface area is 162 Å². The van der Waals surface area contributed by atoms with Crippen molar-refractivity contribution in [2.24, 2.45) is 5.92 Å². The van der Waals surface area contributed by atoms with Gasteiger partial charge in [-0.05, 0) is 32.5 Å². The number of ether oxygens (including phenoxy) is 2. The largest absolute Gasteiger partial charge is 0.493 e. The highest BCUT2D eigenvalue weighted by atomic mass is 16.5. The summed E-state index contributed by atoms with van der Waals surface area (Å²) >= 11 is 0. The highest BCUT2D eigenvalue weighted by molar-refractivity contribution is 5.97. The molecule has 0 bridgehead atoms. The Morgan fingerprint density at radius 3 is 2.67 bits per heavy atom. The number of nitrogens with zero attached hydrogens (tertiary/aromatic N) is 2. The van der Waals surface area contributed by atoms with Crippen molar-refractivity contribution >= 4 is 16.5 Å². The van der Waals surface area contributed by atoms with Crippen LogP contribution in [-0.2, 0) is 0 Å². The molecule has 5 nitrogen and oxygen atoms in total. The molecule has 0 fully saturated rings. The van der Waals surface area contributed by atoms with Gasteiger partial charge >= 0.3 is 0 Å². The third-order valence-corrected chi connectivity index (χ3v) is 5.47. The average molecular weight is 370 g/mol. The fraction of sp³-hybridized carbons (Fsp3) is 0.455. The van der Waals surface area contributed by atoms with Gasteiger partial charge in [0.1, 0.15) is 0 Å². The molecule has 1 N–H and O–H groups in total. The number of hydrogen-bond donors (Lipinski definition) is 1. The molecule has 0 spiro atoms. The Morgan fingerprint density at radius 2 is 2.04 bits per heavy atom. The van der Waals surface area contributed by atoms with E-state index in [-0.39, 0.29) is 5.92 Å². The molecule has 0 aliphatic carbocycles. The van der Waals surface area contributed by atoms with Crippen LogP contribution in [0, 0.1) is 5.92 Å². The number of methoxy groups -OCH3 is 2. The van der Waals surface area contributed by atoms with Crippen LogP contribution in [-0.4, -0.2) is 62.2 Å². The number of fused-ring (bicyclic) bond motifs is 1. The Bertz CT molecular complexity index is 849. The predicted molar refractivity (Wildman–Crippen MR) is 112 cm³/mol. The van der Waals surface area contributed by atoms with Crippen LogP contribution in [0.2, 0.25) is 0 Å². The van der Waals surface area contributed by atoms with Gasteiger partial charge in [-0.3, -0.25) is 0 Å². The second kappa shape index (κ2) is 8.09. The molecule has 3 rings (SSSR count). The van der Waals surface area contributed by atoms with Gasteiger partial charge in [0.05, 0.1) is 14.2 Å².